The van der Waals surface area contributed by atoms with Crippen LogP contribution in [0.1, 0.15) is 71.2 Å². The Balaban J connectivity index is 1.12. The van der Waals surface area contributed by atoms with Crippen LogP contribution in [0.5, 0.6) is 5.75 Å². The Morgan fingerprint density at radius 1 is 1.18 bits per heavy atom. The Morgan fingerprint density at radius 3 is 2.73 bits per heavy atom. The molecule has 0 unspecified atom stereocenters. The molecule has 0 radical (unpaired) electrons. The Kier molecular flexibility index (Phi) is 7.17. The van der Waals surface area contributed by atoms with Gasteiger partial charge in [0.25, 0.3) is 11.5 Å². The van der Waals surface area contributed by atoms with Crippen LogP contribution >= 0.6 is 11.6 Å². The van der Waals surface area contributed by atoms with Gasteiger partial charge < -0.3 is 24.6 Å². The van der Waals surface area contributed by atoms with Gasteiger partial charge in [-0.1, -0.05) is 17.7 Å². The van der Waals surface area contributed by atoms with Crippen molar-refractivity contribution in [2.24, 2.45) is 11.8 Å². The molecule has 264 valence electrons. The van der Waals surface area contributed by atoms with E-state index in [1.165, 1.54) is 16.8 Å². The third kappa shape index (κ3) is 4.84. The van der Waals surface area contributed by atoms with E-state index in [0.717, 1.165) is 48.7 Å². The molecule has 0 bridgehead atoms. The van der Waals surface area contributed by atoms with Crippen molar-refractivity contribution in [3.8, 4) is 5.75 Å². The molecule has 2 N–H and O–H groups in total. The van der Waals surface area contributed by atoms with E-state index in [2.05, 4.69) is 15.4 Å². The summed E-state index contributed by atoms with van der Waals surface area (Å²) in [6, 6.07) is 5.56. The van der Waals surface area contributed by atoms with Gasteiger partial charge in [0, 0.05) is 41.4 Å². The number of nitrogens with zero attached hydrogens (tertiary/aromatic N) is 6. The molecule has 5 aliphatic rings. The summed E-state index contributed by atoms with van der Waals surface area (Å²) in [5, 5.41) is 17.4. The third-order valence-corrected chi connectivity index (χ3v) is 11.8. The second-order valence-corrected chi connectivity index (χ2v) is 14.4. The van der Waals surface area contributed by atoms with Gasteiger partial charge in [0.15, 0.2) is 11.5 Å². The first-order chi connectivity index (χ1) is 24.5. The maximum atomic E-state index is 14.7. The van der Waals surface area contributed by atoms with E-state index in [4.69, 9.17) is 21.3 Å². The van der Waals surface area contributed by atoms with E-state index in [1.54, 1.807) is 15.5 Å². The normalized spacial score (nSPS) is 26.3. The number of halogens is 4. The van der Waals surface area contributed by atoms with Crippen LogP contribution in [0.25, 0.3) is 11.4 Å². The number of pyridine rings is 1. The monoisotopic (exact) mass is 721 g/mol. The fourth-order valence-corrected chi connectivity index (χ4v) is 9.36. The van der Waals surface area contributed by atoms with Crippen LogP contribution in [-0.4, -0.2) is 71.8 Å². The van der Waals surface area contributed by atoms with E-state index in [0.29, 0.717) is 44.0 Å². The number of carbonyl (C=O) groups excluding carboxylic acids is 2. The smallest absolute Gasteiger partial charge is 0.416 e. The number of carbonyl (C=O) groups is 2. The lowest BCUT2D eigenvalue weighted by atomic mass is 9.54. The number of amides is 2. The van der Waals surface area contributed by atoms with Gasteiger partial charge in [0.05, 0.1) is 29.5 Å². The minimum Gasteiger partial charge on any atom is -0.505 e. The lowest BCUT2D eigenvalue weighted by Gasteiger charge is -2.58. The van der Waals surface area contributed by atoms with Crippen LogP contribution in [0.15, 0.2) is 47.4 Å². The summed E-state index contributed by atoms with van der Waals surface area (Å²) >= 11 is 6.18. The molecule has 12 nitrogen and oxygen atoms in total. The van der Waals surface area contributed by atoms with Crippen LogP contribution in [0.2, 0.25) is 5.02 Å². The van der Waals surface area contributed by atoms with Crippen molar-refractivity contribution in [2.75, 3.05) is 25.1 Å². The zero-order chi connectivity index (χ0) is 35.4. The van der Waals surface area contributed by atoms with Crippen molar-refractivity contribution in [3.05, 3.63) is 86.3 Å². The zero-order valence-electron chi connectivity index (χ0n) is 27.0. The van der Waals surface area contributed by atoms with E-state index in [1.807, 2.05) is 6.08 Å². The molecule has 5 heterocycles. The van der Waals surface area contributed by atoms with Crippen LogP contribution < -0.4 is 10.9 Å². The summed E-state index contributed by atoms with van der Waals surface area (Å²) < 4.78 is 48.3. The standard InChI is InChI=1S/C35H31ClF3N7O5/c36-22-14-18(35(37,38)39)3-5-23(22)41-26(48)16-45-29-19-15-21(19)34(27(29)31(49)46-33(45)42-30(43-46)17-7-12-51-13-8-17)9-11-44(24-6-4-20(24)34)32(50)28-25(47)2-1-10-40-28/h1-3,5,7,10,14,19-21,24,47H,4,6,8-9,11-13,15-16H2,(H,41,48)/t19-,20+,21+,24-,34-/m1/s1. The molecule has 2 amide bonds. The Morgan fingerprint density at radius 2 is 2.02 bits per heavy atom. The number of aromatic hydroxyl groups is 1. The number of piperidine rings is 1. The first kappa shape index (κ1) is 32.2. The average molecular weight is 722 g/mol. The minimum atomic E-state index is -4.60. The molecule has 1 spiro atoms. The number of rotatable bonds is 5. The number of hydrogen-bond donors (Lipinski definition) is 2. The van der Waals surface area contributed by atoms with Gasteiger partial charge in [-0.25, -0.2) is 4.98 Å². The van der Waals surface area contributed by atoms with Gasteiger partial charge in [-0.2, -0.15) is 22.7 Å². The molecule has 1 aromatic carbocycles. The molecule has 1 saturated heterocycles. The van der Waals surface area contributed by atoms with E-state index < -0.39 is 23.1 Å². The summed E-state index contributed by atoms with van der Waals surface area (Å²) in [6.07, 6.45) is 2.14. The largest absolute Gasteiger partial charge is 0.505 e. The van der Waals surface area contributed by atoms with Crippen molar-refractivity contribution in [1.29, 1.82) is 0 Å². The predicted octanol–water partition coefficient (Wildman–Crippen LogP) is 4.79. The van der Waals surface area contributed by atoms with Gasteiger partial charge >= 0.3 is 6.18 Å². The fourth-order valence-electron chi connectivity index (χ4n) is 9.13. The van der Waals surface area contributed by atoms with Gasteiger partial charge in [-0.05, 0) is 79.8 Å². The lowest BCUT2D eigenvalue weighted by Crippen LogP contribution is -2.64. The van der Waals surface area contributed by atoms with Gasteiger partial charge in [0.2, 0.25) is 11.7 Å². The van der Waals surface area contributed by atoms with Crippen molar-refractivity contribution in [2.45, 2.75) is 62.2 Å². The molecule has 3 aliphatic carbocycles. The maximum Gasteiger partial charge on any atom is 0.416 e. The Hall–Kier alpha value is -4.76. The molecule has 51 heavy (non-hydrogen) atoms. The van der Waals surface area contributed by atoms with E-state index >= 15 is 0 Å². The van der Waals surface area contributed by atoms with E-state index in [9.17, 15) is 32.7 Å². The van der Waals surface area contributed by atoms with Gasteiger partial charge in [0.1, 0.15) is 12.3 Å². The van der Waals surface area contributed by atoms with Crippen LogP contribution in [0.4, 0.5) is 18.9 Å². The predicted molar refractivity (Wildman–Crippen MR) is 176 cm³/mol. The molecule has 4 aromatic rings. The highest BCUT2D eigenvalue weighted by Gasteiger charge is 2.70. The van der Waals surface area contributed by atoms with Crippen molar-refractivity contribution < 1.29 is 32.6 Å². The quantitative estimate of drug-likeness (QED) is 0.300. The summed E-state index contributed by atoms with van der Waals surface area (Å²) in [6.45, 7) is 0.919. The first-order valence-electron chi connectivity index (χ1n) is 16.9. The number of fused-ring (bicyclic) bond motifs is 8. The molecule has 2 aliphatic heterocycles. The number of anilines is 1. The number of hydrogen-bond acceptors (Lipinski definition) is 8. The third-order valence-electron chi connectivity index (χ3n) is 11.5. The average Bonchev–Trinajstić information content (AvgIpc) is 3.67. The molecule has 16 heteroatoms. The number of likely N-dealkylation sites (tertiary alicyclic amines) is 1. The van der Waals surface area contributed by atoms with E-state index in [-0.39, 0.29) is 69.7 Å². The van der Waals surface area contributed by atoms with Crippen LogP contribution in [0.3, 0.4) is 0 Å². The number of nitrogens with one attached hydrogen (secondary N) is 1. The number of alkyl halides is 3. The minimum absolute atomic E-state index is 0.00370. The fraction of sp³-hybridized carbons (Fsp3) is 0.429. The Labute approximate surface area is 292 Å². The van der Waals surface area contributed by atoms with Gasteiger partial charge in [-0.3, -0.25) is 14.4 Å². The molecule has 3 fully saturated rings. The topological polar surface area (TPSA) is 144 Å². The molecule has 3 aromatic heterocycles. The highest BCUT2D eigenvalue weighted by atomic mass is 35.5. The second-order valence-electron chi connectivity index (χ2n) is 14.0. The lowest BCUT2D eigenvalue weighted by molar-refractivity contribution is -0.137. The van der Waals surface area contributed by atoms with Gasteiger partial charge in [-0.15, -0.1) is 5.10 Å². The Bertz CT molecular complexity index is 2250. The summed E-state index contributed by atoms with van der Waals surface area (Å²) in [7, 11) is 0. The van der Waals surface area contributed by atoms with Crippen LogP contribution in [0, 0.1) is 11.8 Å². The number of aromatic nitrogens is 5. The first-order valence-corrected chi connectivity index (χ1v) is 17.3. The summed E-state index contributed by atoms with van der Waals surface area (Å²) in [5.41, 5.74) is 0.357. The summed E-state index contributed by atoms with van der Waals surface area (Å²) in [4.78, 5) is 52.7. The molecular weight excluding hydrogens is 691 g/mol. The second kappa shape index (κ2) is 11.4. The van der Waals surface area contributed by atoms with Crippen molar-refractivity contribution in [3.63, 3.8) is 0 Å². The molecule has 9 rings (SSSR count). The highest BCUT2D eigenvalue weighted by molar-refractivity contribution is 6.33. The SMILES string of the molecule is O=C(Cn1c2c(c(=O)n3nc(C4=CCOCC4)nc13)[C@@]1(CCN(C(=O)c3ncccc3O)[C@@H]3CC[C@@H]31)[C@H]1C[C@@H]21)Nc1ccc(C(F)(F)F)cc1Cl. The summed E-state index contributed by atoms with van der Waals surface area (Å²) in [5.74, 6) is -0.470. The van der Waals surface area contributed by atoms with Crippen molar-refractivity contribution >= 4 is 40.5 Å². The highest BCUT2D eigenvalue weighted by Crippen LogP contribution is 2.72. The van der Waals surface area contributed by atoms with Crippen molar-refractivity contribution in [1.82, 2.24) is 29.0 Å². The molecule has 5 atom stereocenters. The number of benzene rings is 1. The number of ether oxygens (including phenoxy) is 1. The molecular formula is C35H31ClF3N7O5. The van der Waals surface area contributed by atoms with Crippen LogP contribution in [-0.2, 0) is 27.7 Å². The zero-order valence-corrected chi connectivity index (χ0v) is 27.7. The molecule has 2 saturated carbocycles. The maximum absolute atomic E-state index is 14.7.